The smallest absolute Gasteiger partial charge is 0.261 e. The Hall–Kier alpha value is -1.53. The van der Waals surface area contributed by atoms with Gasteiger partial charge in [-0.2, -0.15) is 0 Å². The van der Waals surface area contributed by atoms with Gasteiger partial charge in [-0.1, -0.05) is 0 Å². The van der Waals surface area contributed by atoms with Crippen molar-refractivity contribution in [2.45, 2.75) is 11.3 Å². The van der Waals surface area contributed by atoms with Crippen molar-refractivity contribution in [1.82, 2.24) is 9.55 Å². The number of hydrogen-bond donors (Lipinski definition) is 0. The molecule has 0 fully saturated rings. The van der Waals surface area contributed by atoms with Gasteiger partial charge in [0.05, 0.1) is 11.5 Å². The van der Waals surface area contributed by atoms with Gasteiger partial charge in [-0.25, -0.2) is 13.4 Å². The average Bonchev–Trinajstić information content (AvgIpc) is 2.75. The highest BCUT2D eigenvalue weighted by molar-refractivity contribution is 8.13. The van der Waals surface area contributed by atoms with Crippen LogP contribution in [0.4, 0.5) is 0 Å². The SMILES string of the molecule is Cn1ccnc1CCOc1ccc(S(=O)(=O)Cl)cc1. The van der Waals surface area contributed by atoms with Gasteiger partial charge in [-0.05, 0) is 24.3 Å². The van der Waals surface area contributed by atoms with E-state index in [1.54, 1.807) is 18.3 Å². The zero-order chi connectivity index (χ0) is 13.9. The van der Waals surface area contributed by atoms with E-state index >= 15 is 0 Å². The Bertz CT molecular complexity index is 650. The number of aryl methyl sites for hydroxylation is 1. The van der Waals surface area contributed by atoms with E-state index in [1.165, 1.54) is 12.1 Å². The van der Waals surface area contributed by atoms with Crippen molar-refractivity contribution < 1.29 is 13.2 Å². The highest BCUT2D eigenvalue weighted by atomic mass is 35.7. The highest BCUT2D eigenvalue weighted by Crippen LogP contribution is 2.19. The summed E-state index contributed by atoms with van der Waals surface area (Å²) in [6.45, 7) is 0.470. The molecule has 1 heterocycles. The van der Waals surface area contributed by atoms with Crippen LogP contribution in [0.15, 0.2) is 41.6 Å². The molecule has 0 saturated carbocycles. The fraction of sp³-hybridized carbons (Fsp3) is 0.250. The first kappa shape index (κ1) is 13.9. The third-order valence-corrected chi connectivity index (χ3v) is 3.99. The summed E-state index contributed by atoms with van der Waals surface area (Å²) in [5.74, 6) is 1.53. The second kappa shape index (κ2) is 5.63. The highest BCUT2D eigenvalue weighted by Gasteiger charge is 2.09. The van der Waals surface area contributed by atoms with Crippen molar-refractivity contribution >= 4 is 19.7 Å². The average molecular weight is 301 g/mol. The van der Waals surface area contributed by atoms with Crippen LogP contribution < -0.4 is 4.74 Å². The summed E-state index contributed by atoms with van der Waals surface area (Å²) in [6, 6.07) is 5.98. The van der Waals surface area contributed by atoms with Crippen LogP contribution in [0.5, 0.6) is 5.75 Å². The molecule has 0 radical (unpaired) electrons. The van der Waals surface area contributed by atoms with Crippen LogP contribution in [-0.4, -0.2) is 24.6 Å². The molecule has 0 aliphatic heterocycles. The lowest BCUT2D eigenvalue weighted by molar-refractivity contribution is 0.317. The molecule has 0 aliphatic carbocycles. The summed E-state index contributed by atoms with van der Waals surface area (Å²) < 4.78 is 29.6. The van der Waals surface area contributed by atoms with E-state index in [2.05, 4.69) is 4.98 Å². The number of aromatic nitrogens is 2. The van der Waals surface area contributed by atoms with Crippen LogP contribution in [0.2, 0.25) is 0 Å². The number of halogens is 1. The van der Waals surface area contributed by atoms with Crippen molar-refractivity contribution in [3.05, 3.63) is 42.5 Å². The topological polar surface area (TPSA) is 61.2 Å². The van der Waals surface area contributed by atoms with Gasteiger partial charge in [-0.15, -0.1) is 0 Å². The fourth-order valence-corrected chi connectivity index (χ4v) is 2.37. The number of benzene rings is 1. The monoisotopic (exact) mass is 300 g/mol. The molecule has 19 heavy (non-hydrogen) atoms. The molecule has 0 atom stereocenters. The van der Waals surface area contributed by atoms with Gasteiger partial charge in [-0.3, -0.25) is 0 Å². The molecule has 0 bridgehead atoms. The summed E-state index contributed by atoms with van der Waals surface area (Å²) in [4.78, 5) is 4.24. The number of ether oxygens (including phenoxy) is 1. The molecule has 102 valence electrons. The Morgan fingerprint density at radius 2 is 2.00 bits per heavy atom. The summed E-state index contributed by atoms with van der Waals surface area (Å²) in [6.07, 6.45) is 4.28. The Morgan fingerprint density at radius 1 is 1.32 bits per heavy atom. The van der Waals surface area contributed by atoms with Crippen molar-refractivity contribution in [2.24, 2.45) is 7.05 Å². The van der Waals surface area contributed by atoms with Crippen LogP contribution in [0.3, 0.4) is 0 Å². The minimum Gasteiger partial charge on any atom is -0.493 e. The molecular formula is C12H13ClN2O3S. The Balaban J connectivity index is 1.92. The molecule has 1 aromatic carbocycles. The second-order valence-electron chi connectivity index (χ2n) is 3.96. The normalized spacial score (nSPS) is 11.5. The lowest BCUT2D eigenvalue weighted by atomic mass is 10.3. The third-order valence-electron chi connectivity index (χ3n) is 2.62. The van der Waals surface area contributed by atoms with E-state index in [1.807, 2.05) is 17.8 Å². The third kappa shape index (κ3) is 3.71. The maximum atomic E-state index is 11.1. The van der Waals surface area contributed by atoms with Gasteiger partial charge >= 0.3 is 0 Å². The number of imidazole rings is 1. The van der Waals surface area contributed by atoms with Crippen molar-refractivity contribution in [1.29, 1.82) is 0 Å². The van der Waals surface area contributed by atoms with Gasteiger partial charge in [0.15, 0.2) is 0 Å². The van der Waals surface area contributed by atoms with Crippen molar-refractivity contribution in [3.63, 3.8) is 0 Å². The van der Waals surface area contributed by atoms with E-state index in [4.69, 9.17) is 15.4 Å². The van der Waals surface area contributed by atoms with Crippen LogP contribution in [0.25, 0.3) is 0 Å². The Labute approximate surface area is 116 Å². The van der Waals surface area contributed by atoms with Crippen LogP contribution in [0, 0.1) is 0 Å². The molecule has 0 aliphatic rings. The zero-order valence-corrected chi connectivity index (χ0v) is 11.9. The summed E-state index contributed by atoms with van der Waals surface area (Å²) in [5, 5.41) is 0. The minimum absolute atomic E-state index is 0.0608. The largest absolute Gasteiger partial charge is 0.493 e. The summed E-state index contributed by atoms with van der Waals surface area (Å²) in [7, 11) is 3.46. The first-order valence-corrected chi connectivity index (χ1v) is 7.91. The lowest BCUT2D eigenvalue weighted by Crippen LogP contribution is -2.06. The van der Waals surface area contributed by atoms with E-state index in [-0.39, 0.29) is 4.90 Å². The molecule has 2 aromatic rings. The summed E-state index contributed by atoms with van der Waals surface area (Å²) in [5.41, 5.74) is 0. The first-order valence-electron chi connectivity index (χ1n) is 5.60. The predicted octanol–water partition coefficient (Wildman–Crippen LogP) is 1.97. The maximum Gasteiger partial charge on any atom is 0.261 e. The molecule has 0 saturated heterocycles. The molecule has 5 nitrogen and oxygen atoms in total. The van der Waals surface area contributed by atoms with Crippen LogP contribution in [-0.2, 0) is 22.5 Å². The molecule has 1 aromatic heterocycles. The minimum atomic E-state index is -3.68. The standard InChI is InChI=1S/C12H13ClN2O3S/c1-15-8-7-14-12(15)6-9-18-10-2-4-11(5-3-10)19(13,16)17/h2-5,7-8H,6,9H2,1H3. The van der Waals surface area contributed by atoms with Gasteiger partial charge in [0.1, 0.15) is 11.6 Å². The van der Waals surface area contributed by atoms with E-state index in [0.717, 1.165) is 5.82 Å². The quantitative estimate of drug-likeness (QED) is 0.792. The molecular weight excluding hydrogens is 288 g/mol. The zero-order valence-electron chi connectivity index (χ0n) is 10.3. The molecule has 0 N–H and O–H groups in total. The Kier molecular flexibility index (Phi) is 4.11. The molecule has 7 heteroatoms. The second-order valence-corrected chi connectivity index (χ2v) is 6.53. The van der Waals surface area contributed by atoms with Crippen LogP contribution in [0.1, 0.15) is 5.82 Å². The van der Waals surface area contributed by atoms with Crippen molar-refractivity contribution in [3.8, 4) is 5.75 Å². The van der Waals surface area contributed by atoms with Gasteiger partial charge in [0.2, 0.25) is 0 Å². The van der Waals surface area contributed by atoms with Gasteiger partial charge < -0.3 is 9.30 Å². The number of rotatable bonds is 5. The van der Waals surface area contributed by atoms with E-state index < -0.39 is 9.05 Å². The lowest BCUT2D eigenvalue weighted by Gasteiger charge is -2.06. The van der Waals surface area contributed by atoms with Crippen LogP contribution >= 0.6 is 10.7 Å². The molecule has 0 spiro atoms. The van der Waals surface area contributed by atoms with E-state index in [9.17, 15) is 8.42 Å². The van der Waals surface area contributed by atoms with Crippen molar-refractivity contribution in [2.75, 3.05) is 6.61 Å². The Morgan fingerprint density at radius 3 is 2.53 bits per heavy atom. The fourth-order valence-electron chi connectivity index (χ4n) is 1.60. The van der Waals surface area contributed by atoms with E-state index in [0.29, 0.717) is 18.8 Å². The van der Waals surface area contributed by atoms with Gasteiger partial charge in [0.25, 0.3) is 9.05 Å². The molecule has 0 amide bonds. The maximum absolute atomic E-state index is 11.1. The summed E-state index contributed by atoms with van der Waals surface area (Å²) >= 11 is 0. The molecule has 0 unspecified atom stereocenters. The molecule has 2 rings (SSSR count). The number of nitrogens with zero attached hydrogens (tertiary/aromatic N) is 2. The number of hydrogen-bond acceptors (Lipinski definition) is 4. The first-order chi connectivity index (χ1) is 8.97. The predicted molar refractivity (Wildman–Crippen MR) is 71.9 cm³/mol. The van der Waals surface area contributed by atoms with Gasteiger partial charge in [0, 0.05) is 36.5 Å².